The number of carbonyl (C=O) groups is 2. The van der Waals surface area contributed by atoms with E-state index in [4.69, 9.17) is 0 Å². The first-order valence-electron chi connectivity index (χ1n) is 10.0. The van der Waals surface area contributed by atoms with Crippen molar-refractivity contribution in [3.8, 4) is 0 Å². The molecular formula is C25H18N2O6S. The van der Waals surface area contributed by atoms with Gasteiger partial charge in [0.2, 0.25) is 0 Å². The van der Waals surface area contributed by atoms with Crippen LogP contribution < -0.4 is 4.90 Å². The third-order valence-corrected chi connectivity index (χ3v) is 5.82. The van der Waals surface area contributed by atoms with Crippen molar-refractivity contribution in [3.05, 3.63) is 113 Å². The monoisotopic (exact) mass is 474 g/mol. The standard InChI is InChI=1S/C25H18N2O6S/c28-24-21(13-7-10-17-8-3-1-4-9-17)26-23(18-11-5-2-6-12-18)27(24)22-16-19(34(31,32)33)14-15-20(22)25(29)30/h1-16H,(H,29,30)(H,31,32,33). The van der Waals surface area contributed by atoms with E-state index < -0.39 is 26.9 Å². The summed E-state index contributed by atoms with van der Waals surface area (Å²) in [4.78, 5) is 30.2. The predicted molar refractivity (Wildman–Crippen MR) is 127 cm³/mol. The lowest BCUT2D eigenvalue weighted by molar-refractivity contribution is -0.113. The van der Waals surface area contributed by atoms with Crippen molar-refractivity contribution >= 4 is 39.6 Å². The van der Waals surface area contributed by atoms with Crippen molar-refractivity contribution in [2.75, 3.05) is 4.90 Å². The third kappa shape index (κ3) is 4.70. The van der Waals surface area contributed by atoms with E-state index in [9.17, 15) is 27.7 Å². The van der Waals surface area contributed by atoms with Crippen molar-refractivity contribution in [2.24, 2.45) is 4.99 Å². The number of aliphatic imine (C=N–C) groups is 1. The van der Waals surface area contributed by atoms with E-state index in [0.717, 1.165) is 28.7 Å². The number of aromatic carboxylic acids is 1. The lowest BCUT2D eigenvalue weighted by atomic mass is 10.1. The van der Waals surface area contributed by atoms with Crippen LogP contribution in [0.2, 0.25) is 0 Å². The summed E-state index contributed by atoms with van der Waals surface area (Å²) in [5.41, 5.74) is 0.888. The molecular weight excluding hydrogens is 456 g/mol. The summed E-state index contributed by atoms with van der Waals surface area (Å²) in [5, 5.41) is 9.68. The Balaban J connectivity index is 1.86. The number of hydrogen-bond donors (Lipinski definition) is 2. The minimum absolute atomic E-state index is 0.0274. The number of carboxylic acid groups (broad SMARTS) is 1. The number of benzene rings is 3. The van der Waals surface area contributed by atoms with Gasteiger partial charge in [0.15, 0.2) is 0 Å². The molecule has 0 saturated heterocycles. The molecule has 8 nitrogen and oxygen atoms in total. The maximum atomic E-state index is 13.4. The summed E-state index contributed by atoms with van der Waals surface area (Å²) in [6.45, 7) is 0. The molecule has 0 unspecified atom stereocenters. The van der Waals surface area contributed by atoms with E-state index >= 15 is 0 Å². The van der Waals surface area contributed by atoms with E-state index in [1.165, 1.54) is 6.08 Å². The first kappa shape index (κ1) is 22.8. The van der Waals surface area contributed by atoms with E-state index in [1.807, 2.05) is 30.3 Å². The fraction of sp³-hybridized carbons (Fsp3) is 0. The Morgan fingerprint density at radius 2 is 1.59 bits per heavy atom. The van der Waals surface area contributed by atoms with Crippen LogP contribution in [0.1, 0.15) is 21.5 Å². The highest BCUT2D eigenvalue weighted by molar-refractivity contribution is 7.85. The summed E-state index contributed by atoms with van der Waals surface area (Å²) in [6, 6.07) is 20.9. The number of allylic oxidation sites excluding steroid dienone is 2. The molecule has 1 heterocycles. The molecule has 1 aliphatic heterocycles. The maximum absolute atomic E-state index is 13.4. The van der Waals surface area contributed by atoms with Crippen LogP contribution in [0.3, 0.4) is 0 Å². The smallest absolute Gasteiger partial charge is 0.337 e. The van der Waals surface area contributed by atoms with Crippen LogP contribution in [0, 0.1) is 0 Å². The molecule has 34 heavy (non-hydrogen) atoms. The van der Waals surface area contributed by atoms with Crippen LogP contribution in [0.5, 0.6) is 0 Å². The molecule has 0 radical (unpaired) electrons. The Morgan fingerprint density at radius 1 is 0.941 bits per heavy atom. The van der Waals surface area contributed by atoms with Crippen molar-refractivity contribution < 1.29 is 27.7 Å². The fourth-order valence-corrected chi connectivity index (χ4v) is 3.89. The highest BCUT2D eigenvalue weighted by atomic mass is 32.2. The molecule has 4 rings (SSSR count). The van der Waals surface area contributed by atoms with Crippen LogP contribution >= 0.6 is 0 Å². The lowest BCUT2D eigenvalue weighted by Gasteiger charge is -2.21. The molecule has 0 atom stereocenters. The maximum Gasteiger partial charge on any atom is 0.337 e. The highest BCUT2D eigenvalue weighted by Crippen LogP contribution is 2.32. The summed E-state index contributed by atoms with van der Waals surface area (Å²) in [5.74, 6) is -1.90. The largest absolute Gasteiger partial charge is 0.478 e. The van der Waals surface area contributed by atoms with Crippen LogP contribution in [0.4, 0.5) is 5.69 Å². The molecule has 1 amide bonds. The summed E-state index contributed by atoms with van der Waals surface area (Å²) in [6.07, 6.45) is 4.92. The zero-order valence-corrected chi connectivity index (χ0v) is 18.4. The van der Waals surface area contributed by atoms with Gasteiger partial charge in [-0.2, -0.15) is 8.42 Å². The summed E-state index contributed by atoms with van der Waals surface area (Å²) < 4.78 is 32.9. The number of amides is 1. The Kier molecular flexibility index (Phi) is 6.22. The average Bonchev–Trinajstić information content (AvgIpc) is 3.15. The van der Waals surface area contributed by atoms with Crippen LogP contribution in [-0.2, 0) is 14.9 Å². The van der Waals surface area contributed by atoms with Gasteiger partial charge in [0.1, 0.15) is 11.5 Å². The Morgan fingerprint density at radius 3 is 2.21 bits per heavy atom. The van der Waals surface area contributed by atoms with Gasteiger partial charge in [-0.15, -0.1) is 0 Å². The van der Waals surface area contributed by atoms with Gasteiger partial charge < -0.3 is 5.11 Å². The normalized spacial score (nSPS) is 15.2. The number of amidine groups is 1. The number of carboxylic acids is 1. The van der Waals surface area contributed by atoms with Crippen molar-refractivity contribution in [2.45, 2.75) is 4.90 Å². The van der Waals surface area contributed by atoms with Gasteiger partial charge in [0.05, 0.1) is 16.1 Å². The Labute approximate surface area is 195 Å². The molecule has 3 aromatic carbocycles. The first-order chi connectivity index (χ1) is 16.3. The number of carbonyl (C=O) groups excluding carboxylic acids is 1. The molecule has 0 saturated carbocycles. The van der Waals surface area contributed by atoms with Crippen molar-refractivity contribution in [1.82, 2.24) is 0 Å². The Bertz CT molecular complexity index is 1460. The van der Waals surface area contributed by atoms with Crippen LogP contribution in [0.25, 0.3) is 6.08 Å². The van der Waals surface area contributed by atoms with Gasteiger partial charge in [-0.25, -0.2) is 9.79 Å². The summed E-state index contributed by atoms with van der Waals surface area (Å²) >= 11 is 0. The van der Waals surface area contributed by atoms with Crippen LogP contribution in [0.15, 0.2) is 107 Å². The topological polar surface area (TPSA) is 124 Å². The van der Waals surface area contributed by atoms with Gasteiger partial charge in [-0.05, 0) is 29.8 Å². The lowest BCUT2D eigenvalue weighted by Crippen LogP contribution is -2.34. The molecule has 0 spiro atoms. The quantitative estimate of drug-likeness (QED) is 0.411. The van der Waals surface area contributed by atoms with E-state index in [2.05, 4.69) is 4.99 Å². The zero-order chi connectivity index (χ0) is 24.3. The predicted octanol–water partition coefficient (Wildman–Crippen LogP) is 4.02. The van der Waals surface area contributed by atoms with E-state index in [0.29, 0.717) is 5.56 Å². The molecule has 0 aromatic heterocycles. The molecule has 1 aliphatic rings. The SMILES string of the molecule is O=C(O)c1ccc(S(=O)(=O)O)cc1N1C(=O)C(=CC=Cc2ccccc2)N=C1c1ccccc1. The fourth-order valence-electron chi connectivity index (χ4n) is 3.39. The highest BCUT2D eigenvalue weighted by Gasteiger charge is 2.35. The minimum atomic E-state index is -4.65. The second-order valence-corrected chi connectivity index (χ2v) is 8.64. The number of rotatable bonds is 6. The van der Waals surface area contributed by atoms with Gasteiger partial charge in [-0.1, -0.05) is 72.8 Å². The first-order valence-corrected chi connectivity index (χ1v) is 11.5. The number of nitrogens with zero attached hydrogens (tertiary/aromatic N) is 2. The molecule has 3 aromatic rings. The van der Waals surface area contributed by atoms with Crippen molar-refractivity contribution in [3.63, 3.8) is 0 Å². The molecule has 0 fully saturated rings. The zero-order valence-electron chi connectivity index (χ0n) is 17.6. The second kappa shape index (κ2) is 9.26. The van der Waals surface area contributed by atoms with Gasteiger partial charge in [-0.3, -0.25) is 14.2 Å². The van der Waals surface area contributed by atoms with Crippen LogP contribution in [-0.4, -0.2) is 35.8 Å². The molecule has 9 heteroatoms. The van der Waals surface area contributed by atoms with E-state index in [1.54, 1.807) is 42.5 Å². The Hall–Kier alpha value is -4.34. The van der Waals surface area contributed by atoms with Gasteiger partial charge in [0, 0.05) is 5.56 Å². The number of hydrogen-bond acceptors (Lipinski definition) is 5. The molecule has 170 valence electrons. The minimum Gasteiger partial charge on any atom is -0.478 e. The average molecular weight is 474 g/mol. The van der Waals surface area contributed by atoms with Gasteiger partial charge in [0.25, 0.3) is 16.0 Å². The van der Waals surface area contributed by atoms with E-state index in [-0.39, 0.29) is 22.8 Å². The molecule has 0 aliphatic carbocycles. The second-order valence-electron chi connectivity index (χ2n) is 7.22. The molecule has 0 bridgehead atoms. The number of anilines is 1. The third-order valence-electron chi connectivity index (χ3n) is 4.97. The van der Waals surface area contributed by atoms with Crippen molar-refractivity contribution in [1.29, 1.82) is 0 Å². The van der Waals surface area contributed by atoms with Gasteiger partial charge >= 0.3 is 5.97 Å². The molecule has 2 N–H and O–H groups in total. The summed E-state index contributed by atoms with van der Waals surface area (Å²) in [7, 11) is -4.65.